The number of benzene rings is 2. The molecule has 170 valence electrons. The number of amides is 1. The van der Waals surface area contributed by atoms with Crippen LogP contribution in [0.1, 0.15) is 29.9 Å². The van der Waals surface area contributed by atoms with Gasteiger partial charge in [-0.3, -0.25) is 9.20 Å². The molecule has 0 atom stereocenters. The molecule has 0 saturated heterocycles. The number of carbonyl (C=O) groups excluding carboxylic acids is 1. The van der Waals surface area contributed by atoms with Crippen molar-refractivity contribution >= 4 is 17.2 Å². The van der Waals surface area contributed by atoms with Gasteiger partial charge >= 0.3 is 6.18 Å². The third-order valence-electron chi connectivity index (χ3n) is 5.02. The van der Waals surface area contributed by atoms with Crippen LogP contribution in [0.3, 0.4) is 0 Å². The topological polar surface area (TPSA) is 59.7 Å². The van der Waals surface area contributed by atoms with Gasteiger partial charge in [0, 0.05) is 24.5 Å². The van der Waals surface area contributed by atoms with Gasteiger partial charge in [-0.1, -0.05) is 12.1 Å². The second kappa shape index (κ2) is 8.57. The van der Waals surface area contributed by atoms with E-state index in [0.29, 0.717) is 28.3 Å². The number of nitrogens with zero attached hydrogens (tertiary/aromatic N) is 4. The van der Waals surface area contributed by atoms with E-state index in [9.17, 15) is 18.0 Å². The van der Waals surface area contributed by atoms with Crippen LogP contribution in [0.5, 0.6) is 5.75 Å². The maximum absolute atomic E-state index is 13.0. The highest BCUT2D eigenvalue weighted by Gasteiger charge is 2.30. The Labute approximate surface area is 188 Å². The van der Waals surface area contributed by atoms with Gasteiger partial charge in [0.1, 0.15) is 11.4 Å². The zero-order valence-electron chi connectivity index (χ0n) is 18.2. The van der Waals surface area contributed by atoms with Crippen LogP contribution in [-0.2, 0) is 6.18 Å². The SMILES string of the molecule is CC(C)Oc1ccc(N(C)C(=O)c2cn3c(-c4ccc(C(F)(F)F)cc4)cnc3cn2)cc1. The van der Waals surface area contributed by atoms with Crippen molar-refractivity contribution in [1.82, 2.24) is 14.4 Å². The molecule has 33 heavy (non-hydrogen) atoms. The van der Waals surface area contributed by atoms with E-state index >= 15 is 0 Å². The molecule has 0 bridgehead atoms. The minimum Gasteiger partial charge on any atom is -0.491 e. The third kappa shape index (κ3) is 4.67. The fourth-order valence-electron chi connectivity index (χ4n) is 3.35. The van der Waals surface area contributed by atoms with Crippen molar-refractivity contribution in [2.24, 2.45) is 0 Å². The van der Waals surface area contributed by atoms with Crippen molar-refractivity contribution in [3.8, 4) is 17.0 Å². The second-order valence-electron chi connectivity index (χ2n) is 7.74. The Morgan fingerprint density at radius 1 is 1.00 bits per heavy atom. The number of halogens is 3. The lowest BCUT2D eigenvalue weighted by Gasteiger charge is -2.18. The average molecular weight is 454 g/mol. The fourth-order valence-corrected chi connectivity index (χ4v) is 3.35. The van der Waals surface area contributed by atoms with Crippen LogP contribution in [0.2, 0.25) is 0 Å². The van der Waals surface area contributed by atoms with Crippen molar-refractivity contribution < 1.29 is 22.7 Å². The molecule has 2 aromatic carbocycles. The number of hydrogen-bond donors (Lipinski definition) is 0. The minimum absolute atomic E-state index is 0.0418. The molecule has 4 rings (SSSR count). The summed E-state index contributed by atoms with van der Waals surface area (Å²) in [5, 5.41) is 0. The van der Waals surface area contributed by atoms with E-state index in [1.54, 1.807) is 35.7 Å². The Morgan fingerprint density at radius 2 is 1.67 bits per heavy atom. The molecule has 0 unspecified atom stereocenters. The Balaban J connectivity index is 1.62. The summed E-state index contributed by atoms with van der Waals surface area (Å²) in [5.41, 5.74) is 1.65. The number of fused-ring (bicyclic) bond motifs is 1. The fraction of sp³-hybridized carbons (Fsp3) is 0.208. The van der Waals surface area contributed by atoms with Gasteiger partial charge in [-0.2, -0.15) is 13.2 Å². The maximum Gasteiger partial charge on any atom is 0.416 e. The molecule has 0 aliphatic carbocycles. The predicted octanol–water partition coefficient (Wildman–Crippen LogP) is 5.48. The molecule has 0 radical (unpaired) electrons. The van der Waals surface area contributed by atoms with Crippen molar-refractivity contribution in [2.75, 3.05) is 11.9 Å². The number of alkyl halides is 3. The molecule has 1 amide bonds. The minimum atomic E-state index is -4.41. The summed E-state index contributed by atoms with van der Waals surface area (Å²) in [6.45, 7) is 3.86. The Kier molecular flexibility index (Phi) is 5.80. The van der Waals surface area contributed by atoms with Crippen LogP contribution < -0.4 is 9.64 Å². The maximum atomic E-state index is 13.0. The van der Waals surface area contributed by atoms with Gasteiger partial charge in [-0.05, 0) is 50.2 Å². The first-order chi connectivity index (χ1) is 15.6. The van der Waals surface area contributed by atoms with Crippen LogP contribution in [0.4, 0.5) is 18.9 Å². The zero-order valence-corrected chi connectivity index (χ0v) is 18.2. The van der Waals surface area contributed by atoms with E-state index in [-0.39, 0.29) is 17.7 Å². The summed E-state index contributed by atoms with van der Waals surface area (Å²) in [7, 11) is 1.64. The van der Waals surface area contributed by atoms with Crippen LogP contribution >= 0.6 is 0 Å². The molecule has 0 spiro atoms. The first-order valence-electron chi connectivity index (χ1n) is 10.2. The molecule has 4 aromatic rings. The largest absolute Gasteiger partial charge is 0.491 e. The van der Waals surface area contributed by atoms with Crippen LogP contribution in [-0.4, -0.2) is 33.4 Å². The smallest absolute Gasteiger partial charge is 0.416 e. The molecular weight excluding hydrogens is 433 g/mol. The third-order valence-corrected chi connectivity index (χ3v) is 5.02. The highest BCUT2D eigenvalue weighted by atomic mass is 19.4. The van der Waals surface area contributed by atoms with Gasteiger partial charge in [0.25, 0.3) is 5.91 Å². The lowest BCUT2D eigenvalue weighted by Crippen LogP contribution is -2.27. The van der Waals surface area contributed by atoms with Crippen LogP contribution in [0.15, 0.2) is 67.1 Å². The number of carbonyl (C=O) groups is 1. The van der Waals surface area contributed by atoms with Gasteiger partial charge in [0.05, 0.1) is 29.8 Å². The number of aromatic nitrogens is 3. The van der Waals surface area contributed by atoms with E-state index < -0.39 is 11.7 Å². The second-order valence-corrected chi connectivity index (χ2v) is 7.74. The van der Waals surface area contributed by atoms with Crippen molar-refractivity contribution in [3.63, 3.8) is 0 Å². The van der Waals surface area contributed by atoms with Crippen molar-refractivity contribution in [3.05, 3.63) is 78.4 Å². The Bertz CT molecular complexity index is 1280. The molecule has 0 aliphatic heterocycles. The molecule has 0 aliphatic rings. The predicted molar refractivity (Wildman–Crippen MR) is 118 cm³/mol. The van der Waals surface area contributed by atoms with Gasteiger partial charge in [0.2, 0.25) is 0 Å². The van der Waals surface area contributed by atoms with Crippen molar-refractivity contribution in [2.45, 2.75) is 26.1 Å². The summed E-state index contributed by atoms with van der Waals surface area (Å²) in [6, 6.07) is 11.9. The number of ether oxygens (including phenoxy) is 1. The first-order valence-corrected chi connectivity index (χ1v) is 10.2. The summed E-state index contributed by atoms with van der Waals surface area (Å²) in [5.74, 6) is 0.357. The molecule has 9 heteroatoms. The highest BCUT2D eigenvalue weighted by Crippen LogP contribution is 2.31. The average Bonchev–Trinajstić information content (AvgIpc) is 3.21. The van der Waals surface area contributed by atoms with E-state index in [4.69, 9.17) is 4.74 Å². The molecule has 0 saturated carbocycles. The number of rotatable bonds is 5. The quantitative estimate of drug-likeness (QED) is 0.401. The van der Waals surface area contributed by atoms with Gasteiger partial charge in [-0.25, -0.2) is 9.97 Å². The standard InChI is InChI=1S/C24H21F3N4O2/c1-15(2)33-19-10-8-18(9-11-19)30(3)23(32)20-14-31-21(12-29-22(31)13-28-20)16-4-6-17(7-5-16)24(25,26)27/h4-15H,1-3H3. The van der Waals surface area contributed by atoms with Crippen LogP contribution in [0.25, 0.3) is 16.9 Å². The van der Waals surface area contributed by atoms with Gasteiger partial charge < -0.3 is 9.64 Å². The van der Waals surface area contributed by atoms with Crippen molar-refractivity contribution in [1.29, 1.82) is 0 Å². The number of anilines is 1. The van der Waals surface area contributed by atoms with E-state index in [0.717, 1.165) is 12.1 Å². The molecule has 2 aromatic heterocycles. The summed E-state index contributed by atoms with van der Waals surface area (Å²) < 4.78 is 45.9. The van der Waals surface area contributed by atoms with Crippen LogP contribution in [0, 0.1) is 0 Å². The Morgan fingerprint density at radius 3 is 2.27 bits per heavy atom. The van der Waals surface area contributed by atoms with E-state index in [1.807, 2.05) is 13.8 Å². The highest BCUT2D eigenvalue weighted by molar-refractivity contribution is 6.04. The molecular formula is C24H21F3N4O2. The molecule has 0 fully saturated rings. The number of imidazole rings is 1. The lowest BCUT2D eigenvalue weighted by molar-refractivity contribution is -0.137. The summed E-state index contributed by atoms with van der Waals surface area (Å²) in [6.07, 6.45) is 0.148. The number of hydrogen-bond acceptors (Lipinski definition) is 4. The lowest BCUT2D eigenvalue weighted by atomic mass is 10.1. The first kappa shape index (κ1) is 22.3. The van der Waals surface area contributed by atoms with Gasteiger partial charge in [0.15, 0.2) is 5.65 Å². The molecule has 2 heterocycles. The Hall–Kier alpha value is -3.88. The van der Waals surface area contributed by atoms with E-state index in [1.165, 1.54) is 35.6 Å². The normalized spacial score (nSPS) is 11.7. The van der Waals surface area contributed by atoms with Gasteiger partial charge in [-0.15, -0.1) is 0 Å². The molecule has 6 nitrogen and oxygen atoms in total. The molecule has 0 N–H and O–H groups in total. The summed E-state index contributed by atoms with van der Waals surface area (Å²) in [4.78, 5) is 23.0. The monoisotopic (exact) mass is 454 g/mol. The van der Waals surface area contributed by atoms with E-state index in [2.05, 4.69) is 9.97 Å². The summed E-state index contributed by atoms with van der Waals surface area (Å²) >= 11 is 0. The zero-order chi connectivity index (χ0) is 23.8.